The van der Waals surface area contributed by atoms with E-state index in [2.05, 4.69) is 10.6 Å². The first-order valence-corrected chi connectivity index (χ1v) is 5.70. The molecule has 102 valence electrons. The van der Waals surface area contributed by atoms with E-state index in [4.69, 9.17) is 0 Å². The molecule has 7 heteroatoms. The fourth-order valence-corrected chi connectivity index (χ4v) is 1.47. The second-order valence-electron chi connectivity index (χ2n) is 4.26. The highest BCUT2D eigenvalue weighted by Crippen LogP contribution is 2.28. The Kier molecular flexibility index (Phi) is 3.73. The molecule has 0 unspecified atom stereocenters. The Morgan fingerprint density at radius 1 is 1.16 bits per heavy atom. The third-order valence-electron chi connectivity index (χ3n) is 2.68. The predicted octanol–water partition coefficient (Wildman–Crippen LogP) is 1.57. The van der Waals surface area contributed by atoms with E-state index in [9.17, 15) is 22.8 Å². The third kappa shape index (κ3) is 3.24. The first-order valence-electron chi connectivity index (χ1n) is 5.70. The van der Waals surface area contributed by atoms with Gasteiger partial charge in [0.2, 0.25) is 11.8 Å². The van der Waals surface area contributed by atoms with Crippen LogP contribution in [0, 0.1) is 23.4 Å². The maximum atomic E-state index is 13.2. The van der Waals surface area contributed by atoms with Crippen molar-refractivity contribution in [3.63, 3.8) is 0 Å². The largest absolute Gasteiger partial charge is 0.347 e. The molecule has 0 radical (unpaired) electrons. The highest BCUT2D eigenvalue weighted by atomic mass is 19.2. The number of hydrogen-bond acceptors (Lipinski definition) is 2. The number of benzene rings is 1. The summed E-state index contributed by atoms with van der Waals surface area (Å²) in [4.78, 5) is 22.7. The summed E-state index contributed by atoms with van der Waals surface area (Å²) >= 11 is 0. The summed E-state index contributed by atoms with van der Waals surface area (Å²) in [5.41, 5.74) is -0.468. The van der Waals surface area contributed by atoms with E-state index in [1.54, 1.807) is 0 Å². The Hall–Kier alpha value is -2.05. The molecular formula is C12H11F3N2O2. The number of rotatable bonds is 4. The molecule has 1 saturated carbocycles. The first kappa shape index (κ1) is 13.4. The van der Waals surface area contributed by atoms with Gasteiger partial charge in [0, 0.05) is 5.92 Å². The zero-order valence-corrected chi connectivity index (χ0v) is 9.80. The van der Waals surface area contributed by atoms with Gasteiger partial charge < -0.3 is 10.6 Å². The van der Waals surface area contributed by atoms with Gasteiger partial charge >= 0.3 is 0 Å². The third-order valence-corrected chi connectivity index (χ3v) is 2.68. The van der Waals surface area contributed by atoms with E-state index in [-0.39, 0.29) is 18.4 Å². The molecule has 0 heterocycles. The molecule has 1 aromatic rings. The SMILES string of the molecule is O=C(CNC(=O)C1CC1)Nc1ccc(F)c(F)c1F. The number of nitrogens with one attached hydrogen (secondary N) is 2. The summed E-state index contributed by atoms with van der Waals surface area (Å²) in [6, 6.07) is 1.62. The lowest BCUT2D eigenvalue weighted by Crippen LogP contribution is -2.33. The number of anilines is 1. The number of amides is 2. The highest BCUT2D eigenvalue weighted by Gasteiger charge is 2.29. The van der Waals surface area contributed by atoms with Crippen molar-refractivity contribution < 1.29 is 22.8 Å². The molecule has 0 spiro atoms. The second kappa shape index (κ2) is 5.29. The van der Waals surface area contributed by atoms with Crippen molar-refractivity contribution in [3.8, 4) is 0 Å². The van der Waals surface area contributed by atoms with Crippen LogP contribution in [0.2, 0.25) is 0 Å². The Morgan fingerprint density at radius 3 is 2.47 bits per heavy atom. The van der Waals surface area contributed by atoms with Gasteiger partial charge in [0.25, 0.3) is 0 Å². The minimum atomic E-state index is -1.65. The summed E-state index contributed by atoms with van der Waals surface area (Å²) in [5.74, 6) is -5.45. The van der Waals surface area contributed by atoms with Crippen molar-refractivity contribution in [2.75, 3.05) is 11.9 Å². The van der Waals surface area contributed by atoms with Crippen molar-refractivity contribution in [1.82, 2.24) is 5.32 Å². The van der Waals surface area contributed by atoms with Gasteiger partial charge in [-0.15, -0.1) is 0 Å². The molecule has 0 bridgehead atoms. The first-order chi connectivity index (χ1) is 8.99. The molecule has 2 rings (SSSR count). The van der Waals surface area contributed by atoms with Crippen LogP contribution in [0.4, 0.5) is 18.9 Å². The van der Waals surface area contributed by atoms with Crippen molar-refractivity contribution in [3.05, 3.63) is 29.6 Å². The van der Waals surface area contributed by atoms with E-state index in [1.165, 1.54) is 0 Å². The lowest BCUT2D eigenvalue weighted by molar-refractivity contribution is -0.125. The standard InChI is InChI=1S/C12H11F3N2O2/c13-7-3-4-8(11(15)10(7)14)17-9(18)5-16-12(19)6-1-2-6/h3-4,6H,1-2,5H2,(H,16,19)(H,17,18). The molecule has 0 aliphatic heterocycles. The maximum absolute atomic E-state index is 13.2. The molecular weight excluding hydrogens is 261 g/mol. The average Bonchev–Trinajstić information content (AvgIpc) is 3.21. The van der Waals surface area contributed by atoms with E-state index in [1.807, 2.05) is 0 Å². The Balaban J connectivity index is 1.91. The molecule has 1 aliphatic rings. The molecule has 0 atom stereocenters. The summed E-state index contributed by atoms with van der Waals surface area (Å²) in [7, 11) is 0. The number of carbonyl (C=O) groups is 2. The van der Waals surface area contributed by atoms with Crippen LogP contribution in [-0.2, 0) is 9.59 Å². The van der Waals surface area contributed by atoms with Crippen molar-refractivity contribution in [1.29, 1.82) is 0 Å². The van der Waals surface area contributed by atoms with Crippen LogP contribution in [0.5, 0.6) is 0 Å². The summed E-state index contributed by atoms with van der Waals surface area (Å²) in [6.45, 7) is -0.340. The van der Waals surface area contributed by atoms with Crippen LogP contribution in [-0.4, -0.2) is 18.4 Å². The molecule has 0 aromatic heterocycles. The lowest BCUT2D eigenvalue weighted by Gasteiger charge is -2.08. The second-order valence-corrected chi connectivity index (χ2v) is 4.26. The van der Waals surface area contributed by atoms with Crippen LogP contribution < -0.4 is 10.6 Å². The highest BCUT2D eigenvalue weighted by molar-refractivity contribution is 5.95. The van der Waals surface area contributed by atoms with E-state index in [0.717, 1.165) is 18.9 Å². The van der Waals surface area contributed by atoms with Crippen LogP contribution >= 0.6 is 0 Å². The Labute approximate surface area is 107 Å². The minimum absolute atomic E-state index is 0.0483. The van der Waals surface area contributed by atoms with Gasteiger partial charge in [0.1, 0.15) is 0 Å². The quantitative estimate of drug-likeness (QED) is 0.817. The fourth-order valence-electron chi connectivity index (χ4n) is 1.47. The zero-order valence-electron chi connectivity index (χ0n) is 9.80. The monoisotopic (exact) mass is 272 g/mol. The Morgan fingerprint density at radius 2 is 1.84 bits per heavy atom. The zero-order chi connectivity index (χ0) is 14.0. The molecule has 19 heavy (non-hydrogen) atoms. The topological polar surface area (TPSA) is 58.2 Å². The van der Waals surface area contributed by atoms with Crippen LogP contribution in [0.15, 0.2) is 12.1 Å². The summed E-state index contributed by atoms with van der Waals surface area (Å²) < 4.78 is 38.8. The van der Waals surface area contributed by atoms with Gasteiger partial charge in [0.15, 0.2) is 17.5 Å². The summed E-state index contributed by atoms with van der Waals surface area (Å²) in [5, 5.41) is 4.43. The van der Waals surface area contributed by atoms with Crippen molar-refractivity contribution in [2.24, 2.45) is 5.92 Å². The molecule has 2 amide bonds. The van der Waals surface area contributed by atoms with Crippen LogP contribution in [0.1, 0.15) is 12.8 Å². The van der Waals surface area contributed by atoms with E-state index < -0.39 is 29.0 Å². The van der Waals surface area contributed by atoms with Gasteiger partial charge in [-0.3, -0.25) is 9.59 Å². The normalized spacial score (nSPS) is 14.1. The van der Waals surface area contributed by atoms with Crippen molar-refractivity contribution in [2.45, 2.75) is 12.8 Å². The molecule has 2 N–H and O–H groups in total. The van der Waals surface area contributed by atoms with Crippen LogP contribution in [0.3, 0.4) is 0 Å². The fraction of sp³-hybridized carbons (Fsp3) is 0.333. The average molecular weight is 272 g/mol. The maximum Gasteiger partial charge on any atom is 0.243 e. The molecule has 0 saturated heterocycles. The van der Waals surface area contributed by atoms with Gasteiger partial charge in [-0.05, 0) is 25.0 Å². The van der Waals surface area contributed by atoms with Crippen molar-refractivity contribution >= 4 is 17.5 Å². The van der Waals surface area contributed by atoms with Gasteiger partial charge in [0.05, 0.1) is 12.2 Å². The summed E-state index contributed by atoms with van der Waals surface area (Å²) in [6.07, 6.45) is 1.59. The van der Waals surface area contributed by atoms with Gasteiger partial charge in [-0.25, -0.2) is 13.2 Å². The smallest absolute Gasteiger partial charge is 0.243 e. The number of hydrogen-bond donors (Lipinski definition) is 2. The number of halogens is 3. The Bertz CT molecular complexity index is 530. The molecule has 1 aliphatic carbocycles. The number of carbonyl (C=O) groups excluding carboxylic acids is 2. The van der Waals surface area contributed by atoms with Gasteiger partial charge in [-0.2, -0.15) is 0 Å². The van der Waals surface area contributed by atoms with Gasteiger partial charge in [-0.1, -0.05) is 0 Å². The van der Waals surface area contributed by atoms with E-state index in [0.29, 0.717) is 6.07 Å². The molecule has 1 aromatic carbocycles. The van der Waals surface area contributed by atoms with E-state index >= 15 is 0 Å². The predicted molar refractivity (Wildman–Crippen MR) is 60.7 cm³/mol. The minimum Gasteiger partial charge on any atom is -0.347 e. The molecule has 1 fully saturated rings. The van der Waals surface area contributed by atoms with Crippen LogP contribution in [0.25, 0.3) is 0 Å². The lowest BCUT2D eigenvalue weighted by atomic mass is 10.2. The molecule has 4 nitrogen and oxygen atoms in total.